The minimum absolute atomic E-state index is 0. The number of halogens is 1. The first-order valence-electron chi connectivity index (χ1n) is 7.58. The molecule has 0 aromatic heterocycles. The summed E-state index contributed by atoms with van der Waals surface area (Å²) in [6, 6.07) is 1.42. The van der Waals surface area contributed by atoms with Crippen molar-refractivity contribution in [3.8, 4) is 0 Å². The summed E-state index contributed by atoms with van der Waals surface area (Å²) < 4.78 is 0. The molecule has 4 nitrogen and oxygen atoms in total. The van der Waals surface area contributed by atoms with Crippen LogP contribution in [0.3, 0.4) is 0 Å². The van der Waals surface area contributed by atoms with Gasteiger partial charge in [-0.1, -0.05) is 6.42 Å². The number of likely N-dealkylation sites (tertiary alicyclic amines) is 1. The maximum absolute atomic E-state index is 4.67. The van der Waals surface area contributed by atoms with Crippen LogP contribution in [0.4, 0.5) is 0 Å². The second-order valence-electron chi connectivity index (χ2n) is 5.56. The van der Waals surface area contributed by atoms with Crippen molar-refractivity contribution >= 4 is 29.9 Å². The van der Waals surface area contributed by atoms with Crippen LogP contribution in [0.2, 0.25) is 0 Å². The Morgan fingerprint density at radius 3 is 2.68 bits per heavy atom. The molecule has 112 valence electrons. The number of guanidine groups is 1. The first-order valence-corrected chi connectivity index (χ1v) is 7.58. The second kappa shape index (κ2) is 9.00. The summed E-state index contributed by atoms with van der Waals surface area (Å²) in [5, 5.41) is 6.78. The smallest absolute Gasteiger partial charge is 0.191 e. The van der Waals surface area contributed by atoms with Gasteiger partial charge >= 0.3 is 0 Å². The Bertz CT molecular complexity index is 279. The van der Waals surface area contributed by atoms with Gasteiger partial charge in [0.15, 0.2) is 5.96 Å². The lowest BCUT2D eigenvalue weighted by Crippen LogP contribution is -2.41. The number of nitrogens with zero attached hydrogens (tertiary/aromatic N) is 2. The van der Waals surface area contributed by atoms with E-state index in [2.05, 4.69) is 34.4 Å². The van der Waals surface area contributed by atoms with Gasteiger partial charge in [-0.15, -0.1) is 24.0 Å². The van der Waals surface area contributed by atoms with Crippen molar-refractivity contribution in [1.29, 1.82) is 0 Å². The topological polar surface area (TPSA) is 39.7 Å². The minimum atomic E-state index is 0. The van der Waals surface area contributed by atoms with Crippen LogP contribution >= 0.6 is 24.0 Å². The van der Waals surface area contributed by atoms with E-state index >= 15 is 0 Å². The molecular formula is C14H29IN4. The molecule has 5 heteroatoms. The predicted molar refractivity (Wildman–Crippen MR) is 92.4 cm³/mol. The third-order valence-corrected chi connectivity index (χ3v) is 3.86. The molecular weight excluding hydrogens is 351 g/mol. The summed E-state index contributed by atoms with van der Waals surface area (Å²) in [5.74, 6) is 1.00. The van der Waals surface area contributed by atoms with Gasteiger partial charge in [0.05, 0.1) is 6.54 Å². The zero-order valence-corrected chi connectivity index (χ0v) is 14.7. The standard InChI is InChI=1S/C14H28N4.HI/c1-3-15-14(17-13-7-8-13)16-9-11-18-10-5-4-6-12(18)2;/h12-13H,3-11H2,1-2H3,(H2,15,16,17);1H. The van der Waals surface area contributed by atoms with E-state index in [1.807, 2.05) is 0 Å². The molecule has 2 N–H and O–H groups in total. The number of piperidine rings is 1. The average Bonchev–Trinajstić information content (AvgIpc) is 3.16. The van der Waals surface area contributed by atoms with Gasteiger partial charge in [-0.2, -0.15) is 0 Å². The van der Waals surface area contributed by atoms with E-state index in [4.69, 9.17) is 0 Å². The Morgan fingerprint density at radius 2 is 2.05 bits per heavy atom. The number of nitrogens with one attached hydrogen (secondary N) is 2. The number of hydrogen-bond donors (Lipinski definition) is 2. The van der Waals surface area contributed by atoms with Gasteiger partial charge in [0.2, 0.25) is 0 Å². The average molecular weight is 380 g/mol. The summed E-state index contributed by atoms with van der Waals surface area (Å²) in [5.41, 5.74) is 0. The van der Waals surface area contributed by atoms with Gasteiger partial charge in [0.25, 0.3) is 0 Å². The SMILES string of the molecule is CCNC(=NCCN1CCCCC1C)NC1CC1.I. The fourth-order valence-corrected chi connectivity index (χ4v) is 2.52. The van der Waals surface area contributed by atoms with Gasteiger partial charge in [-0.05, 0) is 46.1 Å². The van der Waals surface area contributed by atoms with E-state index in [-0.39, 0.29) is 24.0 Å². The highest BCUT2D eigenvalue weighted by Crippen LogP contribution is 2.18. The molecule has 1 aliphatic carbocycles. The van der Waals surface area contributed by atoms with Crippen LogP contribution in [0, 0.1) is 0 Å². The first kappa shape index (κ1) is 17.0. The Balaban J connectivity index is 0.00000180. The van der Waals surface area contributed by atoms with Gasteiger partial charge in [0.1, 0.15) is 0 Å². The molecule has 0 spiro atoms. The van der Waals surface area contributed by atoms with Gasteiger partial charge in [-0.25, -0.2) is 0 Å². The highest BCUT2D eigenvalue weighted by Gasteiger charge is 2.22. The molecule has 2 aliphatic rings. The van der Waals surface area contributed by atoms with E-state index in [9.17, 15) is 0 Å². The van der Waals surface area contributed by atoms with Crippen molar-refractivity contribution in [3.05, 3.63) is 0 Å². The maximum atomic E-state index is 4.67. The van der Waals surface area contributed by atoms with Crippen LogP contribution in [0.15, 0.2) is 4.99 Å². The summed E-state index contributed by atoms with van der Waals surface area (Å²) in [4.78, 5) is 7.25. The largest absolute Gasteiger partial charge is 0.357 e. The summed E-state index contributed by atoms with van der Waals surface area (Å²) in [6.45, 7) is 8.67. The van der Waals surface area contributed by atoms with Crippen molar-refractivity contribution in [2.45, 2.75) is 58.0 Å². The number of aliphatic imine (C=N–C) groups is 1. The Kier molecular flexibility index (Phi) is 8.06. The molecule has 1 atom stereocenters. The quantitative estimate of drug-likeness (QED) is 0.437. The molecule has 2 rings (SSSR count). The van der Waals surface area contributed by atoms with Gasteiger partial charge in [0, 0.05) is 25.2 Å². The zero-order chi connectivity index (χ0) is 12.8. The first-order chi connectivity index (χ1) is 8.79. The summed E-state index contributed by atoms with van der Waals surface area (Å²) in [6.07, 6.45) is 6.70. The fraction of sp³-hybridized carbons (Fsp3) is 0.929. The number of rotatable bonds is 5. The second-order valence-corrected chi connectivity index (χ2v) is 5.56. The van der Waals surface area contributed by atoms with E-state index in [1.54, 1.807) is 0 Å². The lowest BCUT2D eigenvalue weighted by atomic mass is 10.0. The maximum Gasteiger partial charge on any atom is 0.191 e. The molecule has 0 radical (unpaired) electrons. The highest BCUT2D eigenvalue weighted by atomic mass is 127. The summed E-state index contributed by atoms with van der Waals surface area (Å²) >= 11 is 0. The van der Waals surface area contributed by atoms with Crippen LogP contribution in [-0.2, 0) is 0 Å². The van der Waals surface area contributed by atoms with Crippen molar-refractivity contribution in [2.24, 2.45) is 4.99 Å². The van der Waals surface area contributed by atoms with Crippen LogP contribution in [0.5, 0.6) is 0 Å². The zero-order valence-electron chi connectivity index (χ0n) is 12.3. The van der Waals surface area contributed by atoms with Crippen LogP contribution in [0.1, 0.15) is 46.0 Å². The third-order valence-electron chi connectivity index (χ3n) is 3.86. The molecule has 19 heavy (non-hydrogen) atoms. The molecule has 0 aromatic rings. The molecule has 2 fully saturated rings. The van der Waals surface area contributed by atoms with E-state index in [0.717, 1.165) is 31.6 Å². The lowest BCUT2D eigenvalue weighted by Gasteiger charge is -2.32. The van der Waals surface area contributed by atoms with Crippen molar-refractivity contribution in [2.75, 3.05) is 26.2 Å². The van der Waals surface area contributed by atoms with Crippen molar-refractivity contribution in [1.82, 2.24) is 15.5 Å². The van der Waals surface area contributed by atoms with E-state index in [0.29, 0.717) is 6.04 Å². The molecule has 0 bridgehead atoms. The molecule has 0 amide bonds. The van der Waals surface area contributed by atoms with E-state index in [1.165, 1.54) is 38.6 Å². The Hall–Kier alpha value is -0.0400. The van der Waals surface area contributed by atoms with Crippen LogP contribution in [0.25, 0.3) is 0 Å². The van der Waals surface area contributed by atoms with E-state index < -0.39 is 0 Å². The van der Waals surface area contributed by atoms with Crippen LogP contribution < -0.4 is 10.6 Å². The molecule has 0 aromatic carbocycles. The monoisotopic (exact) mass is 380 g/mol. The normalized spacial score (nSPS) is 24.7. The van der Waals surface area contributed by atoms with Crippen LogP contribution in [-0.4, -0.2) is 49.1 Å². The third kappa shape index (κ3) is 6.29. The van der Waals surface area contributed by atoms with Crippen molar-refractivity contribution in [3.63, 3.8) is 0 Å². The minimum Gasteiger partial charge on any atom is -0.357 e. The molecule has 1 aliphatic heterocycles. The molecule has 1 saturated carbocycles. The molecule has 1 heterocycles. The number of hydrogen-bond acceptors (Lipinski definition) is 2. The molecule has 1 unspecified atom stereocenters. The molecule has 1 saturated heterocycles. The summed E-state index contributed by atoms with van der Waals surface area (Å²) in [7, 11) is 0. The Morgan fingerprint density at radius 1 is 1.26 bits per heavy atom. The fourth-order valence-electron chi connectivity index (χ4n) is 2.52. The van der Waals surface area contributed by atoms with Gasteiger partial charge in [-0.3, -0.25) is 9.89 Å². The van der Waals surface area contributed by atoms with Gasteiger partial charge < -0.3 is 10.6 Å². The van der Waals surface area contributed by atoms with Crippen molar-refractivity contribution < 1.29 is 0 Å². The predicted octanol–water partition coefficient (Wildman–Crippen LogP) is 2.20. The lowest BCUT2D eigenvalue weighted by molar-refractivity contribution is 0.166. The Labute approximate surface area is 134 Å². The highest BCUT2D eigenvalue weighted by molar-refractivity contribution is 14.0.